The Morgan fingerprint density at radius 3 is 1.30 bits per heavy atom. The number of hydrogen-bond donors (Lipinski definition) is 0. The van der Waals surface area contributed by atoms with Crippen LogP contribution in [-0.4, -0.2) is 114 Å². The fourth-order valence-corrected chi connectivity index (χ4v) is 4.68. The maximum absolute atomic E-state index is 12.5. The Morgan fingerprint density at radius 1 is 0.469 bits per heavy atom. The molecule has 16 nitrogen and oxygen atoms in total. The summed E-state index contributed by atoms with van der Waals surface area (Å²) in [5, 5.41) is 0. The maximum Gasteiger partial charge on any atom is 0.333 e. The van der Waals surface area contributed by atoms with Crippen LogP contribution in [0, 0.1) is 0 Å². The third kappa shape index (κ3) is 32.2. The van der Waals surface area contributed by atoms with E-state index in [0.717, 1.165) is 32.1 Å². The molecule has 0 aliphatic heterocycles. The number of ether oxygens (including phenoxy) is 10. The molecule has 16 heteroatoms. The quantitative estimate of drug-likeness (QED) is 0.0278. The van der Waals surface area contributed by atoms with Crippen molar-refractivity contribution in [1.82, 2.24) is 0 Å². The molecule has 0 heterocycles. The molecule has 0 saturated carbocycles. The predicted octanol–water partition coefficient (Wildman–Crippen LogP) is 7.71. The van der Waals surface area contributed by atoms with Gasteiger partial charge in [-0.2, -0.15) is 0 Å². The highest BCUT2D eigenvalue weighted by Crippen LogP contribution is 2.19. The number of hydrogen-bond acceptors (Lipinski definition) is 16. The first kappa shape index (κ1) is 58.5. The molecule has 1 aromatic rings. The Bertz CT molecular complexity index is 1620. The second kappa shape index (κ2) is 36.9. The first-order valence-corrected chi connectivity index (χ1v) is 21.7. The zero-order valence-electron chi connectivity index (χ0n) is 39.0. The molecule has 0 fully saturated rings. The number of carbonyl (C=O) groups is 6. The zero-order valence-corrected chi connectivity index (χ0v) is 39.0. The van der Waals surface area contributed by atoms with Crippen LogP contribution in [0.1, 0.15) is 106 Å². The van der Waals surface area contributed by atoms with Crippen molar-refractivity contribution in [1.29, 1.82) is 0 Å². The molecule has 0 aromatic heterocycles. The van der Waals surface area contributed by atoms with Crippen molar-refractivity contribution in [3.63, 3.8) is 0 Å². The van der Waals surface area contributed by atoms with Gasteiger partial charge in [0.05, 0.1) is 39.6 Å². The van der Waals surface area contributed by atoms with Crippen LogP contribution in [0.2, 0.25) is 0 Å². The van der Waals surface area contributed by atoms with Gasteiger partial charge in [0.1, 0.15) is 37.9 Å². The van der Waals surface area contributed by atoms with Crippen LogP contribution in [0.3, 0.4) is 0 Å². The van der Waals surface area contributed by atoms with Gasteiger partial charge in [-0.15, -0.1) is 0 Å². The highest BCUT2D eigenvalue weighted by atomic mass is 16.6. The van der Waals surface area contributed by atoms with E-state index >= 15 is 0 Å². The molecular weight excluding hydrogens is 833 g/mol. The molecule has 1 rings (SSSR count). The zero-order chi connectivity index (χ0) is 48.1. The Kier molecular flexibility index (Phi) is 33.8. The molecule has 0 amide bonds. The van der Waals surface area contributed by atoms with Crippen LogP contribution in [-0.2, 0) is 66.7 Å². The third-order valence-electron chi connectivity index (χ3n) is 8.13. The molecule has 0 bridgehead atoms. The predicted molar refractivity (Wildman–Crippen MR) is 239 cm³/mol. The second-order valence-electron chi connectivity index (χ2n) is 14.8. The van der Waals surface area contributed by atoms with Crippen molar-refractivity contribution in [2.24, 2.45) is 0 Å². The summed E-state index contributed by atoms with van der Waals surface area (Å²) in [6.07, 6.45) is 5.11. The van der Waals surface area contributed by atoms with E-state index in [4.69, 9.17) is 47.4 Å². The third-order valence-corrected chi connectivity index (χ3v) is 8.13. The van der Waals surface area contributed by atoms with Gasteiger partial charge in [0, 0.05) is 41.2 Å². The summed E-state index contributed by atoms with van der Waals surface area (Å²) in [5.41, 5.74) is 1.27. The topological polar surface area (TPSA) is 195 Å². The largest absolute Gasteiger partial charge is 0.491 e. The van der Waals surface area contributed by atoms with Gasteiger partial charge in [-0.25, -0.2) is 19.2 Å². The van der Waals surface area contributed by atoms with E-state index in [9.17, 15) is 28.8 Å². The lowest BCUT2D eigenvalue weighted by Crippen LogP contribution is -2.30. The summed E-state index contributed by atoms with van der Waals surface area (Å²) in [4.78, 5) is 70.5. The van der Waals surface area contributed by atoms with Gasteiger partial charge < -0.3 is 47.4 Å². The summed E-state index contributed by atoms with van der Waals surface area (Å²) in [7, 11) is 0. The van der Waals surface area contributed by atoms with Crippen molar-refractivity contribution in [2.45, 2.75) is 118 Å². The van der Waals surface area contributed by atoms with Gasteiger partial charge in [-0.05, 0) is 65.5 Å². The van der Waals surface area contributed by atoms with E-state index in [-0.39, 0.29) is 88.8 Å². The van der Waals surface area contributed by atoms with Crippen LogP contribution in [0.15, 0.2) is 72.9 Å². The van der Waals surface area contributed by atoms with Crippen molar-refractivity contribution in [3.8, 4) is 11.5 Å². The molecule has 2 atom stereocenters. The van der Waals surface area contributed by atoms with Gasteiger partial charge in [0.15, 0.2) is 12.2 Å². The fourth-order valence-electron chi connectivity index (χ4n) is 4.68. The molecular formula is C48H72O16. The molecule has 360 valence electrons. The Balaban J connectivity index is 0.00000394. The summed E-state index contributed by atoms with van der Waals surface area (Å²) >= 11 is 0. The van der Waals surface area contributed by atoms with E-state index in [1.165, 1.54) is 13.8 Å². The van der Waals surface area contributed by atoms with Gasteiger partial charge in [-0.1, -0.05) is 71.9 Å². The number of unbranched alkanes of at least 4 members (excludes halogenated alkanes) is 5. The molecule has 0 radical (unpaired) electrons. The molecule has 0 aliphatic rings. The SMILES string of the molecule is C=C(C)C(=O)OCCC.C=C(C)C(=O)OCCCCCCC(=O)OC(COCCOc1cccc(OCCOCC(COC(=O)C(=C)C)OC(=O)CCCCC)c1)COC(=O)C(=C)C. The van der Waals surface area contributed by atoms with Crippen LogP contribution >= 0.6 is 0 Å². The molecule has 0 N–H and O–H groups in total. The smallest absolute Gasteiger partial charge is 0.333 e. The molecule has 64 heavy (non-hydrogen) atoms. The summed E-state index contributed by atoms with van der Waals surface area (Å²) < 4.78 is 54.0. The highest BCUT2D eigenvalue weighted by molar-refractivity contribution is 5.88. The lowest BCUT2D eigenvalue weighted by atomic mass is 10.1. The van der Waals surface area contributed by atoms with Gasteiger partial charge in [0.25, 0.3) is 0 Å². The number of carbonyl (C=O) groups excluding carboxylic acids is 6. The van der Waals surface area contributed by atoms with Crippen LogP contribution in [0.5, 0.6) is 11.5 Å². The van der Waals surface area contributed by atoms with Crippen LogP contribution in [0.4, 0.5) is 0 Å². The van der Waals surface area contributed by atoms with Crippen molar-refractivity contribution < 1.29 is 76.1 Å². The maximum atomic E-state index is 12.5. The first-order valence-electron chi connectivity index (χ1n) is 21.7. The van der Waals surface area contributed by atoms with Crippen LogP contribution in [0.25, 0.3) is 0 Å². The van der Waals surface area contributed by atoms with Gasteiger partial charge >= 0.3 is 35.8 Å². The van der Waals surface area contributed by atoms with E-state index in [0.29, 0.717) is 55.1 Å². The average molecular weight is 905 g/mol. The summed E-state index contributed by atoms with van der Waals surface area (Å²) in [5.74, 6) is -1.65. The fraction of sp³-hybridized carbons (Fsp3) is 0.583. The standard InChI is InChI=1S/C41H60O14.C7H12O2/c1-8-9-12-18-37(42)54-35(28-52-40(45)31(4)5)26-47-21-23-49-33-16-15-17-34(25-33)50-24-22-48-27-36(29-53-41(46)32(6)7)55-38(43)19-13-10-11-14-20-51-39(44)30(2)3;1-4-5-9-7(8)6(2)3/h15-17,25,35-36H,2,4,6,8-14,18-24,26-29H2,1,3,5,7H3;2,4-5H2,1,3H3. The monoisotopic (exact) mass is 904 g/mol. The molecule has 0 saturated heterocycles. The van der Waals surface area contributed by atoms with E-state index < -0.39 is 36.1 Å². The number of rotatable bonds is 35. The van der Waals surface area contributed by atoms with Gasteiger partial charge in [0.2, 0.25) is 0 Å². The Morgan fingerprint density at radius 2 is 0.875 bits per heavy atom. The minimum Gasteiger partial charge on any atom is -0.491 e. The van der Waals surface area contributed by atoms with E-state index in [1.807, 2.05) is 13.8 Å². The summed E-state index contributed by atoms with van der Waals surface area (Å²) in [6.45, 7) is 25.5. The highest BCUT2D eigenvalue weighted by Gasteiger charge is 2.19. The number of esters is 6. The number of benzene rings is 1. The summed E-state index contributed by atoms with van der Waals surface area (Å²) in [6, 6.07) is 6.98. The first-order chi connectivity index (χ1) is 30.5. The minimum absolute atomic E-state index is 0.0175. The minimum atomic E-state index is -0.823. The average Bonchev–Trinajstić information content (AvgIpc) is 3.25. The van der Waals surface area contributed by atoms with Gasteiger partial charge in [-0.3, -0.25) is 9.59 Å². The Hall–Kier alpha value is -5.48. The second-order valence-corrected chi connectivity index (χ2v) is 14.8. The molecule has 0 spiro atoms. The lowest BCUT2D eigenvalue weighted by molar-refractivity contribution is -0.161. The van der Waals surface area contributed by atoms with Crippen LogP contribution < -0.4 is 9.47 Å². The van der Waals surface area contributed by atoms with E-state index in [2.05, 4.69) is 26.3 Å². The molecule has 1 aromatic carbocycles. The Labute approximate surface area is 379 Å². The van der Waals surface area contributed by atoms with E-state index in [1.54, 1.807) is 38.1 Å². The van der Waals surface area contributed by atoms with Crippen molar-refractivity contribution in [3.05, 3.63) is 72.9 Å². The molecule has 0 aliphatic carbocycles. The lowest BCUT2D eigenvalue weighted by Gasteiger charge is -2.18. The van der Waals surface area contributed by atoms with Crippen molar-refractivity contribution in [2.75, 3.05) is 66.1 Å². The van der Waals surface area contributed by atoms with Crippen molar-refractivity contribution >= 4 is 35.8 Å². The molecule has 2 unspecified atom stereocenters. The normalized spacial score (nSPS) is 11.3.